The maximum Gasteiger partial charge on any atom is 0.395 e. The first-order chi connectivity index (χ1) is 13.6. The topological polar surface area (TPSA) is 26.3 Å². The van der Waals surface area contributed by atoms with E-state index < -0.39 is 0 Å². The molecule has 0 N–H and O–H groups in total. The van der Waals surface area contributed by atoms with Crippen LogP contribution >= 0.6 is 8.69 Å². The first-order valence-electron chi connectivity index (χ1n) is 9.96. The van der Waals surface area contributed by atoms with Crippen LogP contribution in [0.4, 0.5) is 0 Å². The standard InChI is InChI=1S/C26H29O2P/c1-25(2,3)21-13-10-14-22(26(4,5)6)24(21)20-17-19(15-16-23(20)28-29-27)18-11-8-7-9-12-18/h7-17H,1-6H3. The van der Waals surface area contributed by atoms with Crippen LogP contribution in [0.2, 0.25) is 0 Å². The molecule has 0 fully saturated rings. The molecule has 0 unspecified atom stereocenters. The summed E-state index contributed by atoms with van der Waals surface area (Å²) in [5.41, 5.74) is 6.81. The highest BCUT2D eigenvalue weighted by molar-refractivity contribution is 7.17. The Balaban J connectivity index is 2.38. The second-order valence-corrected chi connectivity index (χ2v) is 9.80. The zero-order chi connectivity index (χ0) is 21.2. The average molecular weight is 404 g/mol. The van der Waals surface area contributed by atoms with Gasteiger partial charge in [-0.1, -0.05) is 96.1 Å². The Labute approximate surface area is 176 Å². The van der Waals surface area contributed by atoms with E-state index in [9.17, 15) is 4.57 Å². The first kappa shape index (κ1) is 21.3. The lowest BCUT2D eigenvalue weighted by Crippen LogP contribution is -2.19. The molecule has 0 saturated carbocycles. The number of benzene rings is 3. The van der Waals surface area contributed by atoms with Crippen LogP contribution in [0, 0.1) is 0 Å². The summed E-state index contributed by atoms with van der Waals surface area (Å²) in [4.78, 5) is 0. The SMILES string of the molecule is CC(C)(C)c1cccc(C(C)(C)C)c1-c1cc(-c2ccccc2)ccc1OP=O. The van der Waals surface area contributed by atoms with E-state index in [1.807, 2.05) is 30.3 Å². The van der Waals surface area contributed by atoms with E-state index in [1.165, 1.54) is 16.7 Å². The van der Waals surface area contributed by atoms with Gasteiger partial charge in [0.15, 0.2) is 0 Å². The third kappa shape index (κ3) is 4.60. The van der Waals surface area contributed by atoms with E-state index >= 15 is 0 Å². The average Bonchev–Trinajstić information content (AvgIpc) is 2.67. The van der Waals surface area contributed by atoms with Crippen LogP contribution in [0.5, 0.6) is 5.75 Å². The molecule has 0 heterocycles. The first-order valence-corrected chi connectivity index (χ1v) is 10.7. The molecule has 3 aromatic rings. The molecule has 0 radical (unpaired) electrons. The van der Waals surface area contributed by atoms with Crippen LogP contribution in [0.3, 0.4) is 0 Å². The molecule has 29 heavy (non-hydrogen) atoms. The van der Waals surface area contributed by atoms with Gasteiger partial charge in [-0.2, -0.15) is 0 Å². The van der Waals surface area contributed by atoms with Crippen molar-refractivity contribution in [2.24, 2.45) is 0 Å². The lowest BCUT2D eigenvalue weighted by molar-refractivity contribution is 0.525. The highest BCUT2D eigenvalue weighted by Gasteiger charge is 2.28. The monoisotopic (exact) mass is 404 g/mol. The Morgan fingerprint density at radius 3 is 1.79 bits per heavy atom. The molecule has 0 bridgehead atoms. The maximum atomic E-state index is 11.4. The third-order valence-electron chi connectivity index (χ3n) is 5.17. The molecule has 0 amide bonds. The third-order valence-corrected chi connectivity index (χ3v) is 5.44. The fraction of sp³-hybridized carbons (Fsp3) is 0.308. The molecule has 0 aliphatic heterocycles. The molecule has 150 valence electrons. The predicted octanol–water partition coefficient (Wildman–Crippen LogP) is 8.20. The van der Waals surface area contributed by atoms with Gasteiger partial charge in [-0.25, -0.2) is 4.57 Å². The zero-order valence-corrected chi connectivity index (χ0v) is 19.0. The Morgan fingerprint density at radius 1 is 0.690 bits per heavy atom. The second kappa shape index (κ2) is 8.13. The summed E-state index contributed by atoms with van der Waals surface area (Å²) < 4.78 is 16.9. The Morgan fingerprint density at radius 2 is 1.28 bits per heavy atom. The van der Waals surface area contributed by atoms with Gasteiger partial charge in [0.05, 0.1) is 0 Å². The van der Waals surface area contributed by atoms with Crippen molar-refractivity contribution < 1.29 is 9.09 Å². The zero-order valence-electron chi connectivity index (χ0n) is 18.1. The van der Waals surface area contributed by atoms with Gasteiger partial charge in [0.1, 0.15) is 5.75 Å². The van der Waals surface area contributed by atoms with Gasteiger partial charge in [-0.05, 0) is 50.8 Å². The van der Waals surface area contributed by atoms with E-state index in [2.05, 4.69) is 77.9 Å². The molecular formula is C26H29O2P. The molecule has 3 rings (SSSR count). The number of rotatable bonds is 4. The molecule has 0 saturated heterocycles. The van der Waals surface area contributed by atoms with Crippen molar-refractivity contribution in [3.8, 4) is 28.0 Å². The minimum Gasteiger partial charge on any atom is -0.407 e. The van der Waals surface area contributed by atoms with Crippen molar-refractivity contribution in [3.05, 3.63) is 77.9 Å². The highest BCUT2D eigenvalue weighted by atomic mass is 31.1. The van der Waals surface area contributed by atoms with Crippen LogP contribution in [0.15, 0.2) is 66.7 Å². The van der Waals surface area contributed by atoms with E-state index in [-0.39, 0.29) is 19.5 Å². The van der Waals surface area contributed by atoms with Crippen LogP contribution in [-0.4, -0.2) is 0 Å². The molecule has 0 aromatic heterocycles. The van der Waals surface area contributed by atoms with Crippen molar-refractivity contribution in [1.29, 1.82) is 0 Å². The van der Waals surface area contributed by atoms with Crippen LogP contribution in [-0.2, 0) is 15.4 Å². The van der Waals surface area contributed by atoms with Gasteiger partial charge in [0, 0.05) is 5.56 Å². The molecule has 3 aromatic carbocycles. The summed E-state index contributed by atoms with van der Waals surface area (Å²) in [7, 11) is -0.351. The van der Waals surface area contributed by atoms with Gasteiger partial charge in [-0.3, -0.25) is 0 Å². The lowest BCUT2D eigenvalue weighted by atomic mass is 9.74. The largest absolute Gasteiger partial charge is 0.407 e. The van der Waals surface area contributed by atoms with E-state index in [1.54, 1.807) is 0 Å². The van der Waals surface area contributed by atoms with Gasteiger partial charge in [-0.15, -0.1) is 0 Å². The van der Waals surface area contributed by atoms with Crippen LogP contribution in [0.1, 0.15) is 52.7 Å². The van der Waals surface area contributed by atoms with Crippen molar-refractivity contribution in [2.45, 2.75) is 52.4 Å². The molecule has 0 aliphatic rings. The quantitative estimate of drug-likeness (QED) is 0.410. The summed E-state index contributed by atoms with van der Waals surface area (Å²) in [6, 6.07) is 22.9. The van der Waals surface area contributed by atoms with E-state index in [4.69, 9.17) is 4.52 Å². The summed E-state index contributed by atoms with van der Waals surface area (Å²) in [5, 5.41) is 0. The molecule has 0 atom stereocenters. The summed E-state index contributed by atoms with van der Waals surface area (Å²) in [6.45, 7) is 13.4. The molecule has 2 nitrogen and oxygen atoms in total. The van der Waals surface area contributed by atoms with Crippen molar-refractivity contribution >= 4 is 8.69 Å². The summed E-state index contributed by atoms with van der Waals surface area (Å²) in [6.07, 6.45) is 0. The van der Waals surface area contributed by atoms with Gasteiger partial charge < -0.3 is 4.52 Å². The van der Waals surface area contributed by atoms with Gasteiger partial charge in [0.2, 0.25) is 0 Å². The van der Waals surface area contributed by atoms with Crippen molar-refractivity contribution in [2.75, 3.05) is 0 Å². The maximum absolute atomic E-state index is 11.4. The summed E-state index contributed by atoms with van der Waals surface area (Å²) >= 11 is 0. The van der Waals surface area contributed by atoms with Crippen LogP contribution in [0.25, 0.3) is 22.3 Å². The Hall–Kier alpha value is -2.44. The minimum absolute atomic E-state index is 0.0498. The minimum atomic E-state index is -0.351. The molecular weight excluding hydrogens is 375 g/mol. The summed E-state index contributed by atoms with van der Waals surface area (Å²) in [5.74, 6) is 0.628. The normalized spacial score (nSPS) is 12.2. The second-order valence-electron chi connectivity index (χ2n) is 9.47. The molecule has 0 spiro atoms. The van der Waals surface area contributed by atoms with Crippen molar-refractivity contribution in [3.63, 3.8) is 0 Å². The van der Waals surface area contributed by atoms with Gasteiger partial charge in [0.25, 0.3) is 0 Å². The van der Waals surface area contributed by atoms with E-state index in [0.29, 0.717) is 5.75 Å². The fourth-order valence-corrected chi connectivity index (χ4v) is 3.99. The smallest absolute Gasteiger partial charge is 0.395 e. The Bertz CT molecular complexity index is 977. The fourth-order valence-electron chi connectivity index (χ4n) is 3.75. The van der Waals surface area contributed by atoms with Crippen LogP contribution < -0.4 is 4.52 Å². The van der Waals surface area contributed by atoms with E-state index in [0.717, 1.165) is 16.7 Å². The Kier molecular flexibility index (Phi) is 5.96. The highest BCUT2D eigenvalue weighted by Crippen LogP contribution is 2.45. The molecule has 3 heteroatoms. The molecule has 0 aliphatic carbocycles. The van der Waals surface area contributed by atoms with Gasteiger partial charge >= 0.3 is 8.69 Å². The lowest BCUT2D eigenvalue weighted by Gasteiger charge is -2.30. The number of hydrogen-bond acceptors (Lipinski definition) is 2. The number of hydrogen-bond donors (Lipinski definition) is 0. The predicted molar refractivity (Wildman–Crippen MR) is 123 cm³/mol. The van der Waals surface area contributed by atoms with Crippen molar-refractivity contribution in [1.82, 2.24) is 0 Å².